The van der Waals surface area contributed by atoms with Crippen LogP contribution in [0.5, 0.6) is 5.75 Å². The van der Waals surface area contributed by atoms with Crippen molar-refractivity contribution in [3.63, 3.8) is 0 Å². The van der Waals surface area contributed by atoms with Gasteiger partial charge in [0.2, 0.25) is 0 Å². The molecular weight excluding hydrogens is 302 g/mol. The van der Waals surface area contributed by atoms with Crippen LogP contribution in [0.4, 0.5) is 0 Å². The van der Waals surface area contributed by atoms with Gasteiger partial charge < -0.3 is 15.4 Å². The van der Waals surface area contributed by atoms with Gasteiger partial charge in [-0.1, -0.05) is 12.8 Å². The van der Waals surface area contributed by atoms with Crippen LogP contribution in [0, 0.1) is 0 Å². The highest BCUT2D eigenvalue weighted by Crippen LogP contribution is 2.17. The maximum atomic E-state index is 5.18. The quantitative estimate of drug-likeness (QED) is 0.654. The highest BCUT2D eigenvalue weighted by molar-refractivity contribution is 5.79. The average molecular weight is 327 g/mol. The predicted octanol–water partition coefficient (Wildman–Crippen LogP) is 2.49. The molecule has 6 nitrogen and oxygen atoms in total. The second kappa shape index (κ2) is 7.86. The summed E-state index contributed by atoms with van der Waals surface area (Å²) in [6.45, 7) is 0.648. The molecule has 0 spiro atoms. The highest BCUT2D eigenvalue weighted by atomic mass is 16.5. The van der Waals surface area contributed by atoms with Crippen molar-refractivity contribution in [3.05, 3.63) is 42.2 Å². The smallest absolute Gasteiger partial charge is 0.191 e. The molecule has 0 aliphatic heterocycles. The second-order valence-electron chi connectivity index (χ2n) is 6.00. The van der Waals surface area contributed by atoms with Gasteiger partial charge in [-0.2, -0.15) is 5.10 Å². The average Bonchev–Trinajstić information content (AvgIpc) is 3.30. The zero-order chi connectivity index (χ0) is 16.8. The first kappa shape index (κ1) is 16.4. The predicted molar refractivity (Wildman–Crippen MR) is 95.7 cm³/mol. The summed E-state index contributed by atoms with van der Waals surface area (Å²) in [6.07, 6.45) is 7.04. The van der Waals surface area contributed by atoms with Crippen molar-refractivity contribution in [2.75, 3.05) is 14.2 Å². The molecule has 0 bridgehead atoms. The monoisotopic (exact) mass is 327 g/mol. The van der Waals surface area contributed by atoms with Gasteiger partial charge in [0.15, 0.2) is 5.96 Å². The zero-order valence-corrected chi connectivity index (χ0v) is 14.3. The molecule has 0 radical (unpaired) electrons. The Morgan fingerprint density at radius 3 is 2.67 bits per heavy atom. The van der Waals surface area contributed by atoms with Crippen molar-refractivity contribution in [3.8, 4) is 11.4 Å². The van der Waals surface area contributed by atoms with E-state index in [0.717, 1.165) is 23.1 Å². The summed E-state index contributed by atoms with van der Waals surface area (Å²) in [4.78, 5) is 4.30. The summed E-state index contributed by atoms with van der Waals surface area (Å²) < 4.78 is 7.05. The molecule has 1 saturated carbocycles. The first-order valence-corrected chi connectivity index (χ1v) is 8.44. The third-order valence-corrected chi connectivity index (χ3v) is 4.34. The minimum atomic E-state index is 0.549. The van der Waals surface area contributed by atoms with Crippen LogP contribution in [0.3, 0.4) is 0 Å². The van der Waals surface area contributed by atoms with Gasteiger partial charge in [0.25, 0.3) is 0 Å². The van der Waals surface area contributed by atoms with Crippen molar-refractivity contribution in [2.24, 2.45) is 4.99 Å². The number of ether oxygens (including phenoxy) is 1. The van der Waals surface area contributed by atoms with Crippen LogP contribution < -0.4 is 15.4 Å². The molecule has 0 atom stereocenters. The number of nitrogens with one attached hydrogen (secondary N) is 2. The number of hydrogen-bond acceptors (Lipinski definition) is 3. The van der Waals surface area contributed by atoms with Gasteiger partial charge in [0.1, 0.15) is 5.75 Å². The van der Waals surface area contributed by atoms with Gasteiger partial charge in [-0.25, -0.2) is 4.68 Å². The Balaban J connectivity index is 1.56. The van der Waals surface area contributed by atoms with Crippen LogP contribution in [0.2, 0.25) is 0 Å². The van der Waals surface area contributed by atoms with Gasteiger partial charge in [-0.15, -0.1) is 0 Å². The summed E-state index contributed by atoms with van der Waals surface area (Å²) >= 11 is 0. The summed E-state index contributed by atoms with van der Waals surface area (Å²) in [5.41, 5.74) is 1.98. The van der Waals surface area contributed by atoms with E-state index >= 15 is 0 Å². The molecule has 1 aromatic heterocycles. The van der Waals surface area contributed by atoms with Crippen molar-refractivity contribution in [1.82, 2.24) is 20.4 Å². The van der Waals surface area contributed by atoms with E-state index in [9.17, 15) is 0 Å². The molecular formula is C18H25N5O. The van der Waals surface area contributed by atoms with Crippen LogP contribution >= 0.6 is 0 Å². The van der Waals surface area contributed by atoms with Crippen molar-refractivity contribution in [1.29, 1.82) is 0 Å². The van der Waals surface area contributed by atoms with E-state index in [1.165, 1.54) is 25.7 Å². The van der Waals surface area contributed by atoms with E-state index in [1.54, 1.807) is 14.2 Å². The minimum Gasteiger partial charge on any atom is -0.497 e. The molecule has 24 heavy (non-hydrogen) atoms. The summed E-state index contributed by atoms with van der Waals surface area (Å²) in [6, 6.07) is 10.4. The molecule has 1 aliphatic rings. The lowest BCUT2D eigenvalue weighted by atomic mass is 10.2. The Labute approximate surface area is 142 Å². The van der Waals surface area contributed by atoms with E-state index in [4.69, 9.17) is 4.74 Å². The van der Waals surface area contributed by atoms with Gasteiger partial charge >= 0.3 is 0 Å². The van der Waals surface area contributed by atoms with Crippen LogP contribution in [0.1, 0.15) is 31.4 Å². The Morgan fingerprint density at radius 1 is 1.25 bits per heavy atom. The van der Waals surface area contributed by atoms with Crippen LogP contribution in [0.15, 0.2) is 41.5 Å². The Bertz CT molecular complexity index is 671. The standard InChI is InChI=1S/C18H25N5O/c1-19-18(21-14-5-3-4-6-14)20-13-15-11-12-23(22-15)16-7-9-17(24-2)10-8-16/h7-12,14H,3-6,13H2,1-2H3,(H2,19,20,21). The third kappa shape index (κ3) is 4.07. The van der Waals surface area contributed by atoms with Crippen LogP contribution in [-0.4, -0.2) is 35.9 Å². The molecule has 3 rings (SSSR count). The van der Waals surface area contributed by atoms with Crippen LogP contribution in [-0.2, 0) is 6.54 Å². The van der Waals surface area contributed by atoms with E-state index in [1.807, 2.05) is 41.2 Å². The van der Waals surface area contributed by atoms with E-state index in [-0.39, 0.29) is 0 Å². The molecule has 1 aromatic carbocycles. The molecule has 6 heteroatoms. The fourth-order valence-electron chi connectivity index (χ4n) is 2.97. The summed E-state index contributed by atoms with van der Waals surface area (Å²) in [5, 5.41) is 11.4. The molecule has 0 saturated heterocycles. The number of methoxy groups -OCH3 is 1. The number of rotatable bonds is 5. The Morgan fingerprint density at radius 2 is 2.00 bits per heavy atom. The first-order valence-electron chi connectivity index (χ1n) is 8.44. The number of benzene rings is 1. The molecule has 1 aliphatic carbocycles. The lowest BCUT2D eigenvalue weighted by Crippen LogP contribution is -2.42. The molecule has 0 amide bonds. The highest BCUT2D eigenvalue weighted by Gasteiger charge is 2.15. The maximum absolute atomic E-state index is 5.18. The molecule has 2 aromatic rings. The van der Waals surface area contributed by atoms with Gasteiger partial charge in [-0.05, 0) is 43.2 Å². The van der Waals surface area contributed by atoms with E-state index in [0.29, 0.717) is 12.6 Å². The van der Waals surface area contributed by atoms with Gasteiger partial charge in [0.05, 0.1) is 25.0 Å². The van der Waals surface area contributed by atoms with Crippen molar-refractivity contribution < 1.29 is 4.74 Å². The normalized spacial score (nSPS) is 15.5. The van der Waals surface area contributed by atoms with Gasteiger partial charge in [-0.3, -0.25) is 4.99 Å². The number of guanidine groups is 1. The zero-order valence-electron chi connectivity index (χ0n) is 14.3. The largest absolute Gasteiger partial charge is 0.497 e. The van der Waals surface area contributed by atoms with Gasteiger partial charge in [0, 0.05) is 19.3 Å². The van der Waals surface area contributed by atoms with E-state index < -0.39 is 0 Å². The Hall–Kier alpha value is -2.50. The third-order valence-electron chi connectivity index (χ3n) is 4.34. The number of nitrogens with zero attached hydrogens (tertiary/aromatic N) is 3. The van der Waals surface area contributed by atoms with Crippen molar-refractivity contribution >= 4 is 5.96 Å². The molecule has 1 heterocycles. The van der Waals surface area contributed by atoms with Crippen molar-refractivity contribution in [2.45, 2.75) is 38.3 Å². The first-order chi connectivity index (χ1) is 11.8. The Kier molecular flexibility index (Phi) is 5.36. The number of hydrogen-bond donors (Lipinski definition) is 2. The number of aromatic nitrogens is 2. The summed E-state index contributed by atoms with van der Waals surface area (Å²) in [7, 11) is 3.47. The molecule has 0 unspecified atom stereocenters. The minimum absolute atomic E-state index is 0.549. The topological polar surface area (TPSA) is 63.5 Å². The number of aliphatic imine (C=N–C) groups is 1. The van der Waals surface area contributed by atoms with E-state index in [2.05, 4.69) is 20.7 Å². The fourth-order valence-corrected chi connectivity index (χ4v) is 2.97. The molecule has 128 valence electrons. The lowest BCUT2D eigenvalue weighted by Gasteiger charge is -2.16. The SMILES string of the molecule is CN=C(NCc1ccn(-c2ccc(OC)cc2)n1)NC1CCCC1. The summed E-state index contributed by atoms with van der Waals surface area (Å²) in [5.74, 6) is 1.69. The molecule has 1 fully saturated rings. The fraction of sp³-hybridized carbons (Fsp3) is 0.444. The lowest BCUT2D eigenvalue weighted by molar-refractivity contribution is 0.414. The van der Waals surface area contributed by atoms with Crippen LogP contribution in [0.25, 0.3) is 5.69 Å². The molecule has 2 N–H and O–H groups in total. The maximum Gasteiger partial charge on any atom is 0.191 e. The second-order valence-corrected chi connectivity index (χ2v) is 6.00.